The number of hydrogen-bond acceptors (Lipinski definition) is 3. The zero-order valence-electron chi connectivity index (χ0n) is 8.22. The summed E-state index contributed by atoms with van der Waals surface area (Å²) in [4.78, 5) is 4.23. The summed E-state index contributed by atoms with van der Waals surface area (Å²) in [5.41, 5.74) is 1.65. The predicted molar refractivity (Wildman–Crippen MR) is 59.9 cm³/mol. The summed E-state index contributed by atoms with van der Waals surface area (Å²) in [6.45, 7) is -0.0374. The zero-order chi connectivity index (χ0) is 10.5. The number of aliphatic hydroxyl groups excluding tert-OH is 1. The van der Waals surface area contributed by atoms with Crippen molar-refractivity contribution in [1.82, 2.24) is 4.98 Å². The summed E-state index contributed by atoms with van der Waals surface area (Å²) in [6, 6.07) is 15.3. The fourth-order valence-corrected chi connectivity index (χ4v) is 1.31. The van der Waals surface area contributed by atoms with E-state index >= 15 is 0 Å². The van der Waals surface area contributed by atoms with Crippen LogP contribution in [0.15, 0.2) is 48.5 Å². The largest absolute Gasteiger partial charge is 0.390 e. The van der Waals surface area contributed by atoms with Gasteiger partial charge in [-0.1, -0.05) is 24.3 Å². The van der Waals surface area contributed by atoms with Gasteiger partial charge in [0.15, 0.2) is 0 Å². The van der Waals surface area contributed by atoms with Crippen molar-refractivity contribution in [2.24, 2.45) is 0 Å². The van der Waals surface area contributed by atoms with Gasteiger partial charge in [0, 0.05) is 5.69 Å². The SMILES string of the molecule is OCc1cccc(Nc2ccccc2)n1. The highest BCUT2D eigenvalue weighted by atomic mass is 16.3. The van der Waals surface area contributed by atoms with E-state index in [-0.39, 0.29) is 6.61 Å². The minimum atomic E-state index is -0.0374. The van der Waals surface area contributed by atoms with E-state index in [4.69, 9.17) is 5.11 Å². The molecule has 0 radical (unpaired) electrons. The second kappa shape index (κ2) is 4.57. The normalized spacial score (nSPS) is 9.93. The highest BCUT2D eigenvalue weighted by Crippen LogP contribution is 2.13. The van der Waals surface area contributed by atoms with Crippen LogP contribution in [0, 0.1) is 0 Å². The molecule has 2 N–H and O–H groups in total. The Labute approximate surface area is 88.4 Å². The lowest BCUT2D eigenvalue weighted by Gasteiger charge is -2.05. The maximum Gasteiger partial charge on any atom is 0.130 e. The van der Waals surface area contributed by atoms with E-state index in [0.29, 0.717) is 5.69 Å². The maximum absolute atomic E-state index is 8.94. The number of hydrogen-bond donors (Lipinski definition) is 2. The first-order chi connectivity index (χ1) is 7.38. The molecule has 0 spiro atoms. The van der Waals surface area contributed by atoms with Crippen LogP contribution in [0.2, 0.25) is 0 Å². The minimum absolute atomic E-state index is 0.0374. The Balaban J connectivity index is 2.17. The average molecular weight is 200 g/mol. The van der Waals surface area contributed by atoms with Crippen molar-refractivity contribution in [3.63, 3.8) is 0 Å². The molecule has 1 aromatic carbocycles. The molecule has 0 atom stereocenters. The number of benzene rings is 1. The van der Waals surface area contributed by atoms with Crippen LogP contribution in [0.25, 0.3) is 0 Å². The number of aromatic nitrogens is 1. The second-order valence-corrected chi connectivity index (χ2v) is 3.16. The smallest absolute Gasteiger partial charge is 0.130 e. The summed E-state index contributed by atoms with van der Waals surface area (Å²) >= 11 is 0. The van der Waals surface area contributed by atoms with Gasteiger partial charge >= 0.3 is 0 Å². The van der Waals surface area contributed by atoms with Gasteiger partial charge < -0.3 is 10.4 Å². The molecule has 3 heteroatoms. The van der Waals surface area contributed by atoms with Crippen molar-refractivity contribution in [3.05, 3.63) is 54.2 Å². The first-order valence-corrected chi connectivity index (χ1v) is 4.77. The monoisotopic (exact) mass is 200 g/mol. The van der Waals surface area contributed by atoms with Crippen LogP contribution in [0.4, 0.5) is 11.5 Å². The van der Waals surface area contributed by atoms with E-state index < -0.39 is 0 Å². The lowest BCUT2D eigenvalue weighted by atomic mass is 10.3. The van der Waals surface area contributed by atoms with Gasteiger partial charge in [-0.15, -0.1) is 0 Å². The van der Waals surface area contributed by atoms with Crippen LogP contribution in [0.5, 0.6) is 0 Å². The molecule has 2 aromatic rings. The van der Waals surface area contributed by atoms with Gasteiger partial charge in [0.2, 0.25) is 0 Å². The first-order valence-electron chi connectivity index (χ1n) is 4.77. The molecular formula is C12H12N2O. The van der Waals surface area contributed by atoms with E-state index in [1.165, 1.54) is 0 Å². The second-order valence-electron chi connectivity index (χ2n) is 3.16. The highest BCUT2D eigenvalue weighted by Gasteiger charge is 1.96. The molecule has 0 bridgehead atoms. The zero-order valence-corrected chi connectivity index (χ0v) is 8.22. The topological polar surface area (TPSA) is 45.1 Å². The first kappa shape index (κ1) is 9.68. The Morgan fingerprint density at radius 3 is 2.53 bits per heavy atom. The number of para-hydroxylation sites is 1. The number of anilines is 2. The van der Waals surface area contributed by atoms with E-state index in [0.717, 1.165) is 11.5 Å². The van der Waals surface area contributed by atoms with Crippen molar-refractivity contribution in [2.75, 3.05) is 5.32 Å². The van der Waals surface area contributed by atoms with Crippen molar-refractivity contribution in [2.45, 2.75) is 6.61 Å². The fourth-order valence-electron chi connectivity index (χ4n) is 1.31. The molecule has 0 saturated heterocycles. The summed E-state index contributed by atoms with van der Waals surface area (Å²) in [5, 5.41) is 12.1. The standard InChI is InChI=1S/C12H12N2O/c15-9-11-7-4-8-12(14-11)13-10-5-2-1-3-6-10/h1-8,15H,9H2,(H,13,14). The third kappa shape index (κ3) is 2.54. The molecule has 0 aliphatic heterocycles. The Morgan fingerprint density at radius 1 is 1.00 bits per heavy atom. The molecule has 0 unspecified atom stereocenters. The van der Waals surface area contributed by atoms with Crippen molar-refractivity contribution in [3.8, 4) is 0 Å². The molecule has 0 saturated carbocycles. The number of aliphatic hydroxyl groups is 1. The number of nitrogens with zero attached hydrogens (tertiary/aromatic N) is 1. The molecule has 0 aliphatic rings. The van der Waals surface area contributed by atoms with Crippen molar-refractivity contribution < 1.29 is 5.11 Å². The van der Waals surface area contributed by atoms with Gasteiger partial charge in [-0.3, -0.25) is 0 Å². The van der Waals surface area contributed by atoms with Gasteiger partial charge in [-0.05, 0) is 24.3 Å². The van der Waals surface area contributed by atoms with Crippen LogP contribution < -0.4 is 5.32 Å². The Bertz CT molecular complexity index is 429. The molecule has 0 amide bonds. The number of pyridine rings is 1. The number of nitrogens with one attached hydrogen (secondary N) is 1. The molecule has 15 heavy (non-hydrogen) atoms. The summed E-state index contributed by atoms with van der Waals surface area (Å²) < 4.78 is 0. The van der Waals surface area contributed by atoms with Gasteiger partial charge in [0.05, 0.1) is 12.3 Å². The van der Waals surface area contributed by atoms with Gasteiger partial charge in [0.25, 0.3) is 0 Å². The van der Waals surface area contributed by atoms with E-state index in [9.17, 15) is 0 Å². The van der Waals surface area contributed by atoms with Crippen LogP contribution in [-0.2, 0) is 6.61 Å². The summed E-state index contributed by atoms with van der Waals surface area (Å²) in [5.74, 6) is 0.743. The molecular weight excluding hydrogens is 188 g/mol. The Hall–Kier alpha value is -1.87. The Morgan fingerprint density at radius 2 is 1.80 bits per heavy atom. The minimum Gasteiger partial charge on any atom is -0.390 e. The van der Waals surface area contributed by atoms with E-state index in [2.05, 4.69) is 10.3 Å². The third-order valence-corrected chi connectivity index (χ3v) is 2.01. The van der Waals surface area contributed by atoms with Crippen molar-refractivity contribution in [1.29, 1.82) is 0 Å². The summed E-state index contributed by atoms with van der Waals surface area (Å²) in [7, 11) is 0. The molecule has 3 nitrogen and oxygen atoms in total. The fraction of sp³-hybridized carbons (Fsp3) is 0.0833. The van der Waals surface area contributed by atoms with Gasteiger partial charge in [-0.2, -0.15) is 0 Å². The highest BCUT2D eigenvalue weighted by molar-refractivity contribution is 5.55. The third-order valence-electron chi connectivity index (χ3n) is 2.01. The molecule has 1 aromatic heterocycles. The van der Waals surface area contributed by atoms with Gasteiger partial charge in [-0.25, -0.2) is 4.98 Å². The molecule has 0 aliphatic carbocycles. The lowest BCUT2D eigenvalue weighted by Crippen LogP contribution is -1.96. The van der Waals surface area contributed by atoms with Crippen LogP contribution in [0.3, 0.4) is 0 Å². The Kier molecular flexibility index (Phi) is 2.95. The molecule has 0 fully saturated rings. The lowest BCUT2D eigenvalue weighted by molar-refractivity contribution is 0.277. The van der Waals surface area contributed by atoms with Gasteiger partial charge in [0.1, 0.15) is 5.82 Å². The average Bonchev–Trinajstić information content (AvgIpc) is 2.31. The quantitative estimate of drug-likeness (QED) is 0.799. The summed E-state index contributed by atoms with van der Waals surface area (Å²) in [6.07, 6.45) is 0. The van der Waals surface area contributed by atoms with Crippen LogP contribution in [-0.4, -0.2) is 10.1 Å². The van der Waals surface area contributed by atoms with E-state index in [1.807, 2.05) is 42.5 Å². The van der Waals surface area contributed by atoms with E-state index in [1.54, 1.807) is 6.07 Å². The van der Waals surface area contributed by atoms with Crippen molar-refractivity contribution >= 4 is 11.5 Å². The molecule has 76 valence electrons. The van der Waals surface area contributed by atoms with Crippen LogP contribution in [0.1, 0.15) is 5.69 Å². The predicted octanol–water partition coefficient (Wildman–Crippen LogP) is 2.32. The number of rotatable bonds is 3. The molecule has 1 heterocycles. The van der Waals surface area contributed by atoms with Crippen LogP contribution >= 0.6 is 0 Å². The maximum atomic E-state index is 8.94. The molecule has 2 rings (SSSR count).